The number of aromatic nitrogens is 4. The Bertz CT molecular complexity index is 1380. The van der Waals surface area contributed by atoms with E-state index in [9.17, 15) is 18.3 Å². The molecule has 158 valence electrons. The van der Waals surface area contributed by atoms with Crippen molar-refractivity contribution >= 4 is 32.7 Å². The molecule has 0 fully saturated rings. The molecule has 9 nitrogen and oxygen atoms in total. The van der Waals surface area contributed by atoms with Crippen LogP contribution in [0.2, 0.25) is 0 Å². The summed E-state index contributed by atoms with van der Waals surface area (Å²) in [7, 11) is -3.43. The minimum atomic E-state index is -3.43. The highest BCUT2D eigenvalue weighted by Gasteiger charge is 2.20. The van der Waals surface area contributed by atoms with E-state index in [0.717, 1.165) is 18.2 Å². The molecule has 0 bridgehead atoms. The molecule has 0 saturated heterocycles. The number of H-pyrrole nitrogens is 1. The first-order valence-corrected chi connectivity index (χ1v) is 11.3. The predicted octanol–water partition coefficient (Wildman–Crippen LogP) is 3.32. The van der Waals surface area contributed by atoms with E-state index in [4.69, 9.17) is 0 Å². The number of hydrogen-bond acceptors (Lipinski definition) is 6. The summed E-state index contributed by atoms with van der Waals surface area (Å²) in [6, 6.07) is 12.3. The zero-order valence-electron chi connectivity index (χ0n) is 16.7. The summed E-state index contributed by atoms with van der Waals surface area (Å²) in [6.45, 7) is 2.06. The average Bonchev–Trinajstić information content (AvgIpc) is 3.16. The first kappa shape index (κ1) is 20.5. The minimum Gasteiger partial charge on any atom is -0.478 e. The van der Waals surface area contributed by atoms with E-state index >= 15 is 0 Å². The van der Waals surface area contributed by atoms with E-state index in [-0.39, 0.29) is 11.2 Å². The Morgan fingerprint density at radius 1 is 1.13 bits per heavy atom. The zero-order chi connectivity index (χ0) is 22.2. The maximum atomic E-state index is 12.0. The van der Waals surface area contributed by atoms with E-state index in [1.165, 1.54) is 23.9 Å². The fourth-order valence-electron chi connectivity index (χ4n) is 3.26. The monoisotopic (exact) mass is 437 g/mol. The molecule has 10 heteroatoms. The smallest absolute Gasteiger partial charge is 0.336 e. The lowest BCUT2D eigenvalue weighted by Gasteiger charge is -2.07. The van der Waals surface area contributed by atoms with Crippen molar-refractivity contribution in [3.8, 4) is 22.6 Å². The van der Waals surface area contributed by atoms with Gasteiger partial charge >= 0.3 is 5.97 Å². The van der Waals surface area contributed by atoms with Gasteiger partial charge in [0.25, 0.3) is 0 Å². The summed E-state index contributed by atoms with van der Waals surface area (Å²) < 4.78 is 25.0. The molecule has 0 aliphatic carbocycles. The third-order valence-electron chi connectivity index (χ3n) is 4.73. The Balaban J connectivity index is 1.80. The molecule has 0 saturated carbocycles. The average molecular weight is 437 g/mol. The Morgan fingerprint density at radius 3 is 2.45 bits per heavy atom. The van der Waals surface area contributed by atoms with Gasteiger partial charge in [-0.2, -0.15) is 5.10 Å². The lowest BCUT2D eigenvalue weighted by atomic mass is 10.0. The Kier molecular flexibility index (Phi) is 5.15. The number of hydrogen-bond donors (Lipinski definition) is 3. The fourth-order valence-corrected chi connectivity index (χ4v) is 3.81. The molecule has 31 heavy (non-hydrogen) atoms. The summed E-state index contributed by atoms with van der Waals surface area (Å²) in [6.07, 6.45) is 3.29. The Hall–Kier alpha value is -3.79. The highest BCUT2D eigenvalue weighted by Crippen LogP contribution is 2.31. The number of carboxylic acid groups (broad SMARTS) is 1. The van der Waals surface area contributed by atoms with Crippen molar-refractivity contribution in [2.24, 2.45) is 0 Å². The fraction of sp³-hybridized carbons (Fsp3) is 0.143. The predicted molar refractivity (Wildman–Crippen MR) is 117 cm³/mol. The van der Waals surface area contributed by atoms with Crippen LogP contribution in [0, 0.1) is 0 Å². The van der Waals surface area contributed by atoms with Crippen molar-refractivity contribution in [2.45, 2.75) is 13.3 Å². The normalized spacial score (nSPS) is 11.5. The van der Waals surface area contributed by atoms with E-state index in [1.54, 1.807) is 6.07 Å². The van der Waals surface area contributed by atoms with Gasteiger partial charge in [-0.15, -0.1) is 0 Å². The number of nitrogens with zero attached hydrogens (tertiary/aromatic N) is 3. The van der Waals surface area contributed by atoms with Crippen LogP contribution in [-0.4, -0.2) is 45.9 Å². The number of carboxylic acids is 1. The number of pyridine rings is 2. The van der Waals surface area contributed by atoms with E-state index in [2.05, 4.69) is 31.8 Å². The molecule has 0 spiro atoms. The van der Waals surface area contributed by atoms with Gasteiger partial charge in [0.15, 0.2) is 5.65 Å². The zero-order valence-corrected chi connectivity index (χ0v) is 17.6. The van der Waals surface area contributed by atoms with Gasteiger partial charge in [0.05, 0.1) is 46.2 Å². The van der Waals surface area contributed by atoms with Crippen molar-refractivity contribution in [3.63, 3.8) is 0 Å². The number of nitrogens with one attached hydrogen (secondary N) is 2. The molecule has 0 radical (unpaired) electrons. The topological polar surface area (TPSA) is 138 Å². The quantitative estimate of drug-likeness (QED) is 0.421. The van der Waals surface area contributed by atoms with Crippen molar-refractivity contribution in [2.75, 3.05) is 11.0 Å². The number of aryl methyl sites for hydroxylation is 1. The molecular formula is C21H19N5O4S. The number of aromatic carboxylic acids is 1. The van der Waals surface area contributed by atoms with Crippen LogP contribution in [0.3, 0.4) is 0 Å². The largest absolute Gasteiger partial charge is 0.478 e. The lowest BCUT2D eigenvalue weighted by molar-refractivity contribution is 0.0699. The third-order valence-corrected chi connectivity index (χ3v) is 5.34. The summed E-state index contributed by atoms with van der Waals surface area (Å²) in [4.78, 5) is 20.7. The van der Waals surface area contributed by atoms with Crippen LogP contribution in [-0.2, 0) is 16.4 Å². The molecule has 4 rings (SSSR count). The molecule has 0 unspecified atom stereocenters. The second-order valence-electron chi connectivity index (χ2n) is 7.01. The highest BCUT2D eigenvalue weighted by atomic mass is 32.2. The van der Waals surface area contributed by atoms with Crippen LogP contribution in [0.5, 0.6) is 0 Å². The van der Waals surface area contributed by atoms with Gasteiger partial charge in [-0.25, -0.2) is 18.2 Å². The van der Waals surface area contributed by atoms with Crippen molar-refractivity contribution in [3.05, 3.63) is 59.8 Å². The van der Waals surface area contributed by atoms with Gasteiger partial charge in [-0.3, -0.25) is 14.8 Å². The van der Waals surface area contributed by atoms with Gasteiger partial charge in [0, 0.05) is 5.56 Å². The number of carbonyl (C=O) groups is 1. The molecule has 0 atom stereocenters. The molecule has 3 aromatic heterocycles. The van der Waals surface area contributed by atoms with Crippen LogP contribution in [0.1, 0.15) is 22.8 Å². The summed E-state index contributed by atoms with van der Waals surface area (Å²) >= 11 is 0. The maximum Gasteiger partial charge on any atom is 0.336 e. The first-order valence-electron chi connectivity index (χ1n) is 9.41. The Morgan fingerprint density at radius 2 is 1.87 bits per heavy atom. The van der Waals surface area contributed by atoms with Crippen LogP contribution >= 0.6 is 0 Å². The maximum absolute atomic E-state index is 12.0. The SMILES string of the molecule is CCc1ccc(-c2[nH]nc3nc(-c4ccc(NS(C)(=O)=O)cn4)cc(C(=O)O)c23)cc1. The molecule has 3 heterocycles. The number of aromatic amines is 1. The van der Waals surface area contributed by atoms with Gasteiger partial charge in [-0.1, -0.05) is 31.2 Å². The number of rotatable bonds is 6. The van der Waals surface area contributed by atoms with Gasteiger partial charge in [-0.05, 0) is 30.2 Å². The Labute approximate surface area is 178 Å². The molecular weight excluding hydrogens is 418 g/mol. The first-order chi connectivity index (χ1) is 14.7. The van der Waals surface area contributed by atoms with E-state index in [0.29, 0.717) is 28.2 Å². The second kappa shape index (κ2) is 7.80. The number of benzene rings is 1. The van der Waals surface area contributed by atoms with Crippen LogP contribution in [0.15, 0.2) is 48.7 Å². The van der Waals surface area contributed by atoms with Crippen LogP contribution in [0.4, 0.5) is 5.69 Å². The van der Waals surface area contributed by atoms with Crippen molar-refractivity contribution in [1.29, 1.82) is 0 Å². The standard InChI is InChI=1S/C21H19N5O4S/c1-3-12-4-6-13(7-5-12)19-18-15(21(27)28)10-17(23-20(18)25-24-19)16-9-8-14(11-22-16)26-31(2,29)30/h4-11,26H,3H2,1-2H3,(H,27,28)(H,23,24,25). The molecule has 4 aromatic rings. The van der Waals surface area contributed by atoms with Crippen LogP contribution in [0.25, 0.3) is 33.7 Å². The molecule has 0 aliphatic rings. The molecule has 0 aliphatic heterocycles. The summed E-state index contributed by atoms with van der Waals surface area (Å²) in [5.41, 5.74) is 3.86. The number of fused-ring (bicyclic) bond motifs is 1. The minimum absolute atomic E-state index is 0.0449. The van der Waals surface area contributed by atoms with Crippen molar-refractivity contribution in [1.82, 2.24) is 20.2 Å². The molecule has 0 amide bonds. The van der Waals surface area contributed by atoms with E-state index in [1.807, 2.05) is 24.3 Å². The van der Waals surface area contributed by atoms with Crippen LogP contribution < -0.4 is 4.72 Å². The second-order valence-corrected chi connectivity index (χ2v) is 8.76. The number of anilines is 1. The summed E-state index contributed by atoms with van der Waals surface area (Å²) in [5.74, 6) is -1.11. The highest BCUT2D eigenvalue weighted by molar-refractivity contribution is 7.92. The summed E-state index contributed by atoms with van der Waals surface area (Å²) in [5, 5.41) is 17.4. The van der Waals surface area contributed by atoms with E-state index < -0.39 is 16.0 Å². The number of sulfonamides is 1. The van der Waals surface area contributed by atoms with Gasteiger partial charge < -0.3 is 5.11 Å². The van der Waals surface area contributed by atoms with Crippen molar-refractivity contribution < 1.29 is 18.3 Å². The van der Waals surface area contributed by atoms with Gasteiger partial charge in [0.1, 0.15) is 0 Å². The third kappa shape index (κ3) is 4.24. The molecule has 3 N–H and O–H groups in total. The lowest BCUT2D eigenvalue weighted by Crippen LogP contribution is -2.09. The molecule has 1 aromatic carbocycles. The van der Waals surface area contributed by atoms with Gasteiger partial charge in [0.2, 0.25) is 10.0 Å².